The molecule has 1 aliphatic carbocycles. The summed E-state index contributed by atoms with van der Waals surface area (Å²) in [7, 11) is 0. The third-order valence-electron chi connectivity index (χ3n) is 6.74. The first-order valence-corrected chi connectivity index (χ1v) is 11.6. The van der Waals surface area contributed by atoms with Crippen molar-refractivity contribution in [3.8, 4) is 5.75 Å². The van der Waals surface area contributed by atoms with Gasteiger partial charge in [0.15, 0.2) is 0 Å². The highest BCUT2D eigenvalue weighted by atomic mass is 35.5. The van der Waals surface area contributed by atoms with Crippen LogP contribution in [-0.2, 0) is 19.2 Å². The Bertz CT molecular complexity index is 1130. The number of amides is 3. The lowest BCUT2D eigenvalue weighted by Crippen LogP contribution is -2.31. The second-order valence-corrected chi connectivity index (χ2v) is 9.19. The van der Waals surface area contributed by atoms with Crippen LogP contribution in [0.4, 0.5) is 11.4 Å². The van der Waals surface area contributed by atoms with Gasteiger partial charge in [0.2, 0.25) is 17.7 Å². The quantitative estimate of drug-likeness (QED) is 0.386. The zero-order valence-corrected chi connectivity index (χ0v) is 18.7. The second-order valence-electron chi connectivity index (χ2n) is 8.78. The van der Waals surface area contributed by atoms with Crippen LogP contribution in [0.5, 0.6) is 5.75 Å². The van der Waals surface area contributed by atoms with Crippen molar-refractivity contribution in [1.29, 1.82) is 0 Å². The number of imide groups is 1. The van der Waals surface area contributed by atoms with E-state index in [-0.39, 0.29) is 48.3 Å². The van der Waals surface area contributed by atoms with E-state index < -0.39 is 11.9 Å². The molecule has 33 heavy (non-hydrogen) atoms. The van der Waals surface area contributed by atoms with Crippen molar-refractivity contribution in [2.24, 2.45) is 17.8 Å². The topological polar surface area (TPSA) is 84.0 Å². The fraction of sp³-hybridized carbons (Fsp3) is 0.360. The zero-order valence-electron chi connectivity index (χ0n) is 17.9. The first kappa shape index (κ1) is 21.6. The van der Waals surface area contributed by atoms with E-state index in [2.05, 4.69) is 0 Å². The minimum atomic E-state index is -0.643. The van der Waals surface area contributed by atoms with E-state index in [1.54, 1.807) is 42.5 Å². The number of carbonyl (C=O) groups excluding carboxylic acids is 4. The van der Waals surface area contributed by atoms with Crippen LogP contribution in [0, 0.1) is 17.8 Å². The van der Waals surface area contributed by atoms with Crippen LogP contribution in [-0.4, -0.2) is 30.2 Å². The molecule has 1 saturated carbocycles. The van der Waals surface area contributed by atoms with E-state index in [0.29, 0.717) is 16.4 Å². The number of halogens is 1. The van der Waals surface area contributed by atoms with E-state index in [4.69, 9.17) is 16.3 Å². The first-order valence-electron chi connectivity index (χ1n) is 11.2. The van der Waals surface area contributed by atoms with Crippen molar-refractivity contribution in [2.75, 3.05) is 16.3 Å². The first-order chi connectivity index (χ1) is 15.9. The molecule has 0 bridgehead atoms. The normalized spacial score (nSPS) is 24.9. The maximum atomic E-state index is 12.9. The number of carbonyl (C=O) groups is 4. The van der Waals surface area contributed by atoms with Gasteiger partial charge in [0, 0.05) is 19.0 Å². The fourth-order valence-corrected chi connectivity index (χ4v) is 5.31. The van der Waals surface area contributed by atoms with Crippen molar-refractivity contribution in [1.82, 2.24) is 0 Å². The van der Waals surface area contributed by atoms with Crippen molar-refractivity contribution < 1.29 is 23.9 Å². The lowest BCUT2D eigenvalue weighted by atomic mass is 9.81. The summed E-state index contributed by atoms with van der Waals surface area (Å²) >= 11 is 6.21. The van der Waals surface area contributed by atoms with Crippen molar-refractivity contribution >= 4 is 46.7 Å². The van der Waals surface area contributed by atoms with E-state index in [1.807, 2.05) is 0 Å². The molecule has 170 valence electrons. The summed E-state index contributed by atoms with van der Waals surface area (Å²) in [4.78, 5) is 53.8. The smallest absolute Gasteiger partial charge is 0.316 e. The third kappa shape index (κ3) is 3.91. The predicted molar refractivity (Wildman–Crippen MR) is 122 cm³/mol. The molecule has 2 aliphatic heterocycles. The number of para-hydroxylation sites is 1. The van der Waals surface area contributed by atoms with Gasteiger partial charge in [0.05, 0.1) is 34.2 Å². The molecular formula is C25H23ClN2O5. The molecule has 5 rings (SSSR count). The molecule has 0 spiro atoms. The molecule has 3 fully saturated rings. The summed E-state index contributed by atoms with van der Waals surface area (Å²) in [6.45, 7) is 0.174. The number of hydrogen-bond donors (Lipinski definition) is 0. The predicted octanol–water partition coefficient (Wildman–Crippen LogP) is 3.98. The Morgan fingerprint density at radius 1 is 0.939 bits per heavy atom. The van der Waals surface area contributed by atoms with Crippen LogP contribution in [0.3, 0.4) is 0 Å². The molecule has 0 aromatic heterocycles. The molecule has 3 amide bonds. The van der Waals surface area contributed by atoms with Gasteiger partial charge in [-0.05, 0) is 37.1 Å². The lowest BCUT2D eigenvalue weighted by molar-refractivity contribution is -0.139. The maximum Gasteiger partial charge on any atom is 0.316 e. The van der Waals surface area contributed by atoms with Gasteiger partial charge in [-0.1, -0.05) is 42.6 Å². The zero-order chi connectivity index (χ0) is 23.1. The number of nitrogens with zero attached hydrogens (tertiary/aromatic N) is 2. The molecule has 0 unspecified atom stereocenters. The Kier molecular flexibility index (Phi) is 5.66. The lowest BCUT2D eigenvalue weighted by Gasteiger charge is -2.19. The van der Waals surface area contributed by atoms with Gasteiger partial charge in [0.25, 0.3) is 0 Å². The summed E-state index contributed by atoms with van der Waals surface area (Å²) in [5, 5.41) is 0.438. The SMILES string of the molecule is O=C(Oc1cccc(N2C(=O)[C@@H]3CCCC[C@H]3C2=O)c1)[C@H]1CC(=O)N(c2ccccc2Cl)C1. The highest BCUT2D eigenvalue weighted by Crippen LogP contribution is 2.40. The molecule has 3 aliphatic rings. The number of benzene rings is 2. The maximum absolute atomic E-state index is 12.9. The minimum Gasteiger partial charge on any atom is -0.426 e. The van der Waals surface area contributed by atoms with Gasteiger partial charge in [-0.2, -0.15) is 0 Å². The van der Waals surface area contributed by atoms with Crippen LogP contribution in [0.25, 0.3) is 0 Å². The molecule has 0 radical (unpaired) electrons. The third-order valence-corrected chi connectivity index (χ3v) is 7.06. The summed E-state index contributed by atoms with van der Waals surface area (Å²) in [6.07, 6.45) is 3.40. The molecule has 2 saturated heterocycles. The molecule has 0 N–H and O–H groups in total. The van der Waals surface area contributed by atoms with Gasteiger partial charge in [-0.15, -0.1) is 0 Å². The molecular weight excluding hydrogens is 444 g/mol. The number of hydrogen-bond acceptors (Lipinski definition) is 5. The number of ether oxygens (including phenoxy) is 1. The van der Waals surface area contributed by atoms with Crippen molar-refractivity contribution in [2.45, 2.75) is 32.1 Å². The monoisotopic (exact) mass is 466 g/mol. The van der Waals surface area contributed by atoms with Crippen LogP contribution < -0.4 is 14.5 Å². The number of anilines is 2. The van der Waals surface area contributed by atoms with E-state index in [1.165, 1.54) is 15.9 Å². The Labute approximate surface area is 196 Å². The highest BCUT2D eigenvalue weighted by Gasteiger charge is 2.48. The van der Waals surface area contributed by atoms with Gasteiger partial charge >= 0.3 is 5.97 Å². The summed E-state index contributed by atoms with van der Waals surface area (Å²) in [5.41, 5.74) is 0.971. The fourth-order valence-electron chi connectivity index (χ4n) is 5.07. The average molecular weight is 467 g/mol. The molecule has 8 heteroatoms. The second kappa shape index (κ2) is 8.63. The number of esters is 1. The van der Waals surface area contributed by atoms with Crippen molar-refractivity contribution in [3.05, 3.63) is 53.6 Å². The Morgan fingerprint density at radius 3 is 2.33 bits per heavy atom. The van der Waals surface area contributed by atoms with E-state index in [9.17, 15) is 19.2 Å². The number of fused-ring (bicyclic) bond motifs is 1. The Hall–Kier alpha value is -3.19. The highest BCUT2D eigenvalue weighted by molar-refractivity contribution is 6.34. The number of rotatable bonds is 4. The molecule has 2 aromatic carbocycles. The molecule has 2 heterocycles. The van der Waals surface area contributed by atoms with Crippen LogP contribution in [0.15, 0.2) is 48.5 Å². The largest absolute Gasteiger partial charge is 0.426 e. The molecule has 7 nitrogen and oxygen atoms in total. The standard InChI is InChI=1S/C25H23ClN2O5/c26-20-10-3-4-11-21(20)27-14-15(12-22(27)29)25(32)33-17-7-5-6-16(13-17)28-23(30)18-8-1-2-9-19(18)24(28)31/h3-7,10-11,13,15,18-19H,1-2,8-9,12,14H2/t15-,18+,19+/m0/s1. The van der Waals surface area contributed by atoms with Crippen LogP contribution >= 0.6 is 11.6 Å². The van der Waals surface area contributed by atoms with E-state index in [0.717, 1.165) is 25.7 Å². The van der Waals surface area contributed by atoms with Gasteiger partial charge in [0.1, 0.15) is 5.75 Å². The van der Waals surface area contributed by atoms with E-state index >= 15 is 0 Å². The molecule has 3 atom stereocenters. The molecule has 2 aromatic rings. The summed E-state index contributed by atoms with van der Waals surface area (Å²) in [6, 6.07) is 13.4. The van der Waals surface area contributed by atoms with Gasteiger partial charge in [-0.3, -0.25) is 19.2 Å². The Morgan fingerprint density at radius 2 is 1.64 bits per heavy atom. The van der Waals surface area contributed by atoms with Gasteiger partial charge in [-0.25, -0.2) is 4.90 Å². The average Bonchev–Trinajstić information content (AvgIpc) is 3.32. The summed E-state index contributed by atoms with van der Waals surface area (Å²) < 4.78 is 5.55. The van der Waals surface area contributed by atoms with Crippen LogP contribution in [0.2, 0.25) is 5.02 Å². The van der Waals surface area contributed by atoms with Crippen LogP contribution in [0.1, 0.15) is 32.1 Å². The minimum absolute atomic E-state index is 0.0240. The summed E-state index contributed by atoms with van der Waals surface area (Å²) in [5.74, 6) is -2.00. The Balaban J connectivity index is 1.30. The van der Waals surface area contributed by atoms with Gasteiger partial charge < -0.3 is 9.64 Å². The van der Waals surface area contributed by atoms with Crippen molar-refractivity contribution in [3.63, 3.8) is 0 Å².